The summed E-state index contributed by atoms with van der Waals surface area (Å²) in [6.45, 7) is 0. The molecule has 6 nitrogen and oxygen atoms in total. The SMILES string of the molecule is O=C(O)CC1SC(=NN=Cc2ccccc2-c2ccccc2)NC1=O. The van der Waals surface area contributed by atoms with Crippen LogP contribution >= 0.6 is 11.8 Å². The number of carbonyl (C=O) groups excluding carboxylic acids is 1. The number of carboxylic acid groups (broad SMARTS) is 1. The number of amidine groups is 1. The predicted molar refractivity (Wildman–Crippen MR) is 98.7 cm³/mol. The van der Waals surface area contributed by atoms with E-state index in [0.717, 1.165) is 28.5 Å². The Hall–Kier alpha value is -2.93. The van der Waals surface area contributed by atoms with Crippen LogP contribution in [0, 0.1) is 0 Å². The number of benzene rings is 2. The van der Waals surface area contributed by atoms with Gasteiger partial charge in [-0.1, -0.05) is 66.4 Å². The Bertz CT molecular complexity index is 850. The fraction of sp³-hybridized carbons (Fsp3) is 0.111. The molecule has 1 aliphatic heterocycles. The number of thioether (sulfide) groups is 1. The van der Waals surface area contributed by atoms with Gasteiger partial charge in [-0.15, -0.1) is 5.10 Å². The Kier molecular flexibility index (Phi) is 5.25. The van der Waals surface area contributed by atoms with E-state index in [-0.39, 0.29) is 12.3 Å². The summed E-state index contributed by atoms with van der Waals surface area (Å²) < 4.78 is 0. The molecule has 0 saturated carbocycles. The molecule has 7 heteroatoms. The van der Waals surface area contributed by atoms with Gasteiger partial charge in [0.25, 0.3) is 0 Å². The van der Waals surface area contributed by atoms with Crippen LogP contribution in [0.15, 0.2) is 64.8 Å². The molecule has 25 heavy (non-hydrogen) atoms. The number of nitrogens with zero attached hydrogens (tertiary/aromatic N) is 2. The van der Waals surface area contributed by atoms with Crippen LogP contribution in [-0.4, -0.2) is 33.6 Å². The lowest BCUT2D eigenvalue weighted by molar-refractivity contribution is -0.138. The maximum absolute atomic E-state index is 11.7. The molecule has 0 radical (unpaired) electrons. The van der Waals surface area contributed by atoms with Crippen LogP contribution in [-0.2, 0) is 9.59 Å². The van der Waals surface area contributed by atoms with Crippen molar-refractivity contribution in [1.82, 2.24) is 5.32 Å². The highest BCUT2D eigenvalue weighted by atomic mass is 32.2. The largest absolute Gasteiger partial charge is 0.481 e. The van der Waals surface area contributed by atoms with E-state index in [0.29, 0.717) is 5.17 Å². The van der Waals surface area contributed by atoms with Crippen molar-refractivity contribution in [3.8, 4) is 11.1 Å². The summed E-state index contributed by atoms with van der Waals surface area (Å²) in [7, 11) is 0. The Labute approximate surface area is 148 Å². The average Bonchev–Trinajstić information content (AvgIpc) is 2.95. The predicted octanol–water partition coefficient (Wildman–Crippen LogP) is 2.75. The molecule has 126 valence electrons. The van der Waals surface area contributed by atoms with Crippen LogP contribution in [0.2, 0.25) is 0 Å². The summed E-state index contributed by atoms with van der Waals surface area (Å²) in [5, 5.41) is 19.0. The van der Waals surface area contributed by atoms with E-state index in [1.165, 1.54) is 0 Å². The van der Waals surface area contributed by atoms with Crippen LogP contribution in [0.5, 0.6) is 0 Å². The molecule has 2 aromatic rings. The van der Waals surface area contributed by atoms with Crippen molar-refractivity contribution in [2.75, 3.05) is 0 Å². The Morgan fingerprint density at radius 3 is 2.64 bits per heavy atom. The number of carbonyl (C=O) groups is 2. The highest BCUT2D eigenvalue weighted by Crippen LogP contribution is 2.23. The third-order valence-electron chi connectivity index (χ3n) is 3.53. The molecule has 1 unspecified atom stereocenters. The van der Waals surface area contributed by atoms with Crippen molar-refractivity contribution in [2.24, 2.45) is 10.2 Å². The Morgan fingerprint density at radius 1 is 1.16 bits per heavy atom. The maximum Gasteiger partial charge on any atom is 0.305 e. The van der Waals surface area contributed by atoms with Gasteiger partial charge in [-0.3, -0.25) is 9.59 Å². The molecule has 1 heterocycles. The van der Waals surface area contributed by atoms with Crippen molar-refractivity contribution in [3.63, 3.8) is 0 Å². The third kappa shape index (κ3) is 4.33. The zero-order valence-electron chi connectivity index (χ0n) is 13.1. The zero-order chi connectivity index (χ0) is 17.6. The summed E-state index contributed by atoms with van der Waals surface area (Å²) >= 11 is 1.08. The minimum atomic E-state index is -1.02. The van der Waals surface area contributed by atoms with E-state index in [4.69, 9.17) is 5.11 Å². The Morgan fingerprint density at radius 2 is 1.88 bits per heavy atom. The van der Waals surface area contributed by atoms with Gasteiger partial charge in [-0.05, 0) is 11.1 Å². The minimum Gasteiger partial charge on any atom is -0.481 e. The average molecular weight is 353 g/mol. The van der Waals surface area contributed by atoms with E-state index in [1.54, 1.807) is 6.21 Å². The number of amides is 1. The first-order valence-corrected chi connectivity index (χ1v) is 8.46. The molecule has 0 bridgehead atoms. The van der Waals surface area contributed by atoms with Crippen molar-refractivity contribution in [1.29, 1.82) is 0 Å². The van der Waals surface area contributed by atoms with Crippen molar-refractivity contribution >= 4 is 35.0 Å². The monoisotopic (exact) mass is 353 g/mol. The second-order valence-electron chi connectivity index (χ2n) is 5.30. The van der Waals surface area contributed by atoms with Crippen LogP contribution in [0.3, 0.4) is 0 Å². The highest BCUT2D eigenvalue weighted by Gasteiger charge is 2.32. The van der Waals surface area contributed by atoms with Crippen molar-refractivity contribution < 1.29 is 14.7 Å². The number of nitrogens with one attached hydrogen (secondary N) is 1. The Balaban J connectivity index is 1.76. The minimum absolute atomic E-state index is 0.240. The number of carboxylic acids is 1. The molecule has 0 aromatic heterocycles. The highest BCUT2D eigenvalue weighted by molar-refractivity contribution is 8.15. The number of hydrogen-bond donors (Lipinski definition) is 2. The summed E-state index contributed by atoms with van der Waals surface area (Å²) in [5.41, 5.74) is 3.00. The standard InChI is InChI=1S/C18H15N3O3S/c22-16(23)10-15-17(24)20-18(25-15)21-19-11-13-8-4-5-9-14(13)12-6-2-1-3-7-12/h1-9,11,15H,10H2,(H,22,23)(H,20,21,24). The lowest BCUT2D eigenvalue weighted by atomic mass is 10.0. The zero-order valence-corrected chi connectivity index (χ0v) is 13.9. The van der Waals surface area contributed by atoms with E-state index in [9.17, 15) is 9.59 Å². The summed E-state index contributed by atoms with van der Waals surface area (Å²) in [6, 6.07) is 17.7. The third-order valence-corrected chi connectivity index (χ3v) is 4.60. The van der Waals surface area contributed by atoms with Gasteiger partial charge < -0.3 is 10.4 Å². The first-order valence-electron chi connectivity index (χ1n) is 7.58. The smallest absolute Gasteiger partial charge is 0.305 e. The van der Waals surface area contributed by atoms with Crippen LogP contribution in [0.1, 0.15) is 12.0 Å². The molecule has 0 aliphatic carbocycles. The van der Waals surface area contributed by atoms with Gasteiger partial charge in [0, 0.05) is 5.56 Å². The fourth-order valence-corrected chi connectivity index (χ4v) is 3.29. The lowest BCUT2D eigenvalue weighted by Gasteiger charge is -2.04. The van der Waals surface area contributed by atoms with E-state index < -0.39 is 11.2 Å². The number of aliphatic carboxylic acids is 1. The molecule has 1 aliphatic rings. The summed E-state index contributed by atoms with van der Waals surface area (Å²) in [6.07, 6.45) is 1.38. The van der Waals surface area contributed by atoms with Crippen LogP contribution in [0.4, 0.5) is 0 Å². The molecule has 1 amide bonds. The molecule has 2 N–H and O–H groups in total. The van der Waals surface area contributed by atoms with E-state index in [2.05, 4.69) is 15.5 Å². The van der Waals surface area contributed by atoms with E-state index >= 15 is 0 Å². The van der Waals surface area contributed by atoms with Crippen molar-refractivity contribution in [2.45, 2.75) is 11.7 Å². The molecule has 2 aromatic carbocycles. The molecular weight excluding hydrogens is 338 g/mol. The van der Waals surface area contributed by atoms with Crippen LogP contribution in [0.25, 0.3) is 11.1 Å². The summed E-state index contributed by atoms with van der Waals surface area (Å²) in [4.78, 5) is 22.4. The van der Waals surface area contributed by atoms with Gasteiger partial charge in [0.05, 0.1) is 12.6 Å². The molecular formula is C18H15N3O3S. The second kappa shape index (κ2) is 7.76. The second-order valence-corrected chi connectivity index (χ2v) is 6.49. The summed E-state index contributed by atoms with van der Waals surface area (Å²) in [5.74, 6) is -1.37. The van der Waals surface area contributed by atoms with Gasteiger partial charge in [-0.25, -0.2) is 0 Å². The van der Waals surface area contributed by atoms with Crippen molar-refractivity contribution in [3.05, 3.63) is 60.2 Å². The fourth-order valence-electron chi connectivity index (χ4n) is 2.38. The van der Waals surface area contributed by atoms with Gasteiger partial charge >= 0.3 is 5.97 Å². The number of hydrogen-bond acceptors (Lipinski definition) is 5. The van der Waals surface area contributed by atoms with Gasteiger partial charge in [0.15, 0.2) is 5.17 Å². The molecule has 1 fully saturated rings. The van der Waals surface area contributed by atoms with Gasteiger partial charge in [-0.2, -0.15) is 5.10 Å². The molecule has 1 atom stereocenters. The van der Waals surface area contributed by atoms with Gasteiger partial charge in [0.1, 0.15) is 5.25 Å². The lowest BCUT2D eigenvalue weighted by Crippen LogP contribution is -2.26. The maximum atomic E-state index is 11.7. The van der Waals surface area contributed by atoms with Crippen LogP contribution < -0.4 is 5.32 Å². The first kappa shape index (κ1) is 16.9. The number of rotatable bonds is 5. The van der Waals surface area contributed by atoms with E-state index in [1.807, 2.05) is 54.6 Å². The quantitative estimate of drug-likeness (QED) is 0.639. The normalized spacial score (nSPS) is 18.6. The molecule has 1 saturated heterocycles. The van der Waals surface area contributed by atoms with Gasteiger partial charge in [0.2, 0.25) is 5.91 Å². The topological polar surface area (TPSA) is 91.1 Å². The molecule has 0 spiro atoms. The molecule has 3 rings (SSSR count). The first-order chi connectivity index (χ1) is 12.1.